The van der Waals surface area contributed by atoms with Crippen LogP contribution in [-0.2, 0) is 10.3 Å². The third kappa shape index (κ3) is 4.72. The van der Waals surface area contributed by atoms with Crippen LogP contribution in [0.2, 0.25) is 0 Å². The third-order valence-corrected chi connectivity index (χ3v) is 7.41. The molecule has 2 aromatic rings. The van der Waals surface area contributed by atoms with Gasteiger partial charge >= 0.3 is 12.1 Å². The van der Waals surface area contributed by atoms with Crippen molar-refractivity contribution in [2.45, 2.75) is 55.8 Å². The first-order valence-electron chi connectivity index (χ1n) is 11.9. The molecule has 2 saturated heterocycles. The number of carbonyl (C=O) groups excluding carboxylic acids is 2. The normalized spacial score (nSPS) is 29.3. The molecule has 1 aromatic heterocycles. The molecule has 186 valence electrons. The van der Waals surface area contributed by atoms with Crippen LogP contribution < -0.4 is 5.32 Å². The molecular weight excluding hydrogens is 458 g/mol. The van der Waals surface area contributed by atoms with Crippen LogP contribution in [0.3, 0.4) is 0 Å². The Labute approximate surface area is 201 Å². The summed E-state index contributed by atoms with van der Waals surface area (Å²) < 4.78 is 32.1. The second-order valence-corrected chi connectivity index (χ2v) is 9.54. The topological polar surface area (TPSA) is 95.0 Å². The van der Waals surface area contributed by atoms with E-state index in [0.29, 0.717) is 36.7 Å². The van der Waals surface area contributed by atoms with E-state index in [9.17, 15) is 23.5 Å². The molecular formula is C25H28F2N4O4. The number of rotatable bonds is 4. The molecule has 1 aliphatic carbocycles. The molecule has 2 N–H and O–H groups in total. The van der Waals surface area contributed by atoms with E-state index in [2.05, 4.69) is 15.2 Å². The molecule has 1 aromatic carbocycles. The standard InChI is InChI=1S/C25H28F2N4O4/c26-19-5-4-16(13-20(19)27)21-15-35-24(33)31(21)23(32)29-17-8-12-30(14-17)18-6-9-25(34,10-7-18)22-3-1-2-11-28-22/h1-5,11,13,17-18,21,34H,6-10,12,14-15H2,(H,29,32)/t17-,18-,21-,25+/m1/s1. The van der Waals surface area contributed by atoms with Crippen LogP contribution in [0.4, 0.5) is 18.4 Å². The van der Waals surface area contributed by atoms with Crippen LogP contribution in [0.15, 0.2) is 42.6 Å². The molecule has 2 aliphatic heterocycles. The fourth-order valence-corrected chi connectivity index (χ4v) is 5.43. The summed E-state index contributed by atoms with van der Waals surface area (Å²) in [6.45, 7) is 1.32. The maximum atomic E-state index is 13.7. The number of nitrogens with zero attached hydrogens (tertiary/aromatic N) is 3. The van der Waals surface area contributed by atoms with Gasteiger partial charge in [0.15, 0.2) is 11.6 Å². The average Bonchev–Trinajstić information content (AvgIpc) is 3.48. The van der Waals surface area contributed by atoms with Crippen LogP contribution in [0, 0.1) is 11.6 Å². The second kappa shape index (κ2) is 9.50. The molecule has 3 fully saturated rings. The first-order valence-corrected chi connectivity index (χ1v) is 11.9. The molecule has 10 heteroatoms. The Balaban J connectivity index is 1.17. The van der Waals surface area contributed by atoms with Crippen molar-refractivity contribution in [3.63, 3.8) is 0 Å². The highest BCUT2D eigenvalue weighted by Crippen LogP contribution is 2.38. The van der Waals surface area contributed by atoms with E-state index in [1.807, 2.05) is 18.2 Å². The fourth-order valence-electron chi connectivity index (χ4n) is 5.43. The van der Waals surface area contributed by atoms with Crippen molar-refractivity contribution in [2.24, 2.45) is 0 Å². The van der Waals surface area contributed by atoms with Crippen LogP contribution in [0.25, 0.3) is 0 Å². The lowest BCUT2D eigenvalue weighted by Crippen LogP contribution is -2.48. The smallest absolute Gasteiger partial charge is 0.418 e. The molecule has 1 saturated carbocycles. The largest absolute Gasteiger partial charge is 0.446 e. The lowest BCUT2D eigenvalue weighted by molar-refractivity contribution is -0.0257. The Hall–Kier alpha value is -3.11. The molecule has 3 heterocycles. The molecule has 3 aliphatic rings. The van der Waals surface area contributed by atoms with E-state index in [-0.39, 0.29) is 12.6 Å². The van der Waals surface area contributed by atoms with E-state index in [1.165, 1.54) is 6.07 Å². The maximum absolute atomic E-state index is 13.7. The number of hydrogen-bond donors (Lipinski definition) is 2. The average molecular weight is 487 g/mol. The number of urea groups is 1. The number of benzene rings is 1. The number of ether oxygens (including phenoxy) is 1. The highest BCUT2D eigenvalue weighted by molar-refractivity contribution is 5.92. The number of pyridine rings is 1. The van der Waals surface area contributed by atoms with Gasteiger partial charge in [0.05, 0.1) is 5.69 Å². The zero-order valence-electron chi connectivity index (χ0n) is 19.2. The van der Waals surface area contributed by atoms with E-state index in [1.54, 1.807) is 6.20 Å². The predicted molar refractivity (Wildman–Crippen MR) is 121 cm³/mol. The highest BCUT2D eigenvalue weighted by atomic mass is 19.2. The summed E-state index contributed by atoms with van der Waals surface area (Å²) in [5.41, 5.74) is 0.0921. The molecule has 35 heavy (non-hydrogen) atoms. The van der Waals surface area contributed by atoms with Crippen molar-refractivity contribution in [1.82, 2.24) is 20.1 Å². The van der Waals surface area contributed by atoms with Crippen LogP contribution in [0.5, 0.6) is 0 Å². The number of cyclic esters (lactones) is 1. The first-order chi connectivity index (χ1) is 16.8. The van der Waals surface area contributed by atoms with Gasteiger partial charge in [0, 0.05) is 31.4 Å². The van der Waals surface area contributed by atoms with Gasteiger partial charge in [0.25, 0.3) is 0 Å². The number of nitrogens with one attached hydrogen (secondary N) is 1. The van der Waals surface area contributed by atoms with Gasteiger partial charge in [-0.2, -0.15) is 0 Å². The molecule has 8 nitrogen and oxygen atoms in total. The Morgan fingerprint density at radius 3 is 2.66 bits per heavy atom. The van der Waals surface area contributed by atoms with Crippen molar-refractivity contribution in [3.05, 3.63) is 65.5 Å². The Morgan fingerprint density at radius 2 is 1.94 bits per heavy atom. The predicted octanol–water partition coefficient (Wildman–Crippen LogP) is 3.47. The van der Waals surface area contributed by atoms with Gasteiger partial charge in [0.2, 0.25) is 0 Å². The van der Waals surface area contributed by atoms with Gasteiger partial charge in [-0.1, -0.05) is 12.1 Å². The summed E-state index contributed by atoms with van der Waals surface area (Å²) >= 11 is 0. The molecule has 3 amide bonds. The molecule has 5 rings (SSSR count). The van der Waals surface area contributed by atoms with E-state index in [4.69, 9.17) is 4.74 Å². The van der Waals surface area contributed by atoms with Crippen molar-refractivity contribution >= 4 is 12.1 Å². The Morgan fingerprint density at radius 1 is 1.14 bits per heavy atom. The monoisotopic (exact) mass is 486 g/mol. The minimum Gasteiger partial charge on any atom is -0.446 e. The molecule has 0 radical (unpaired) electrons. The number of aromatic nitrogens is 1. The first kappa shape index (κ1) is 23.6. The van der Waals surface area contributed by atoms with Gasteiger partial charge < -0.3 is 15.2 Å². The molecule has 0 unspecified atom stereocenters. The number of halogens is 2. The molecule has 2 atom stereocenters. The van der Waals surface area contributed by atoms with Gasteiger partial charge in [-0.05, 0) is 61.9 Å². The minimum absolute atomic E-state index is 0.116. The van der Waals surface area contributed by atoms with Crippen molar-refractivity contribution < 1.29 is 28.2 Å². The third-order valence-electron chi connectivity index (χ3n) is 7.41. The number of likely N-dealkylation sites (tertiary alicyclic amines) is 1. The Kier molecular flexibility index (Phi) is 6.41. The number of imide groups is 1. The SMILES string of the molecule is O=C(N[C@@H]1CCN([C@H]2CC[C@](O)(c3ccccn3)CC2)C1)N1C(=O)OC[C@@H]1c1ccc(F)c(F)c1. The summed E-state index contributed by atoms with van der Waals surface area (Å²) in [7, 11) is 0. The second-order valence-electron chi connectivity index (χ2n) is 9.54. The van der Waals surface area contributed by atoms with Crippen LogP contribution >= 0.6 is 0 Å². The van der Waals surface area contributed by atoms with Crippen LogP contribution in [0.1, 0.15) is 49.4 Å². The van der Waals surface area contributed by atoms with E-state index < -0.39 is 35.4 Å². The van der Waals surface area contributed by atoms with Crippen LogP contribution in [-0.4, -0.2) is 63.8 Å². The van der Waals surface area contributed by atoms with Gasteiger partial charge in [-0.15, -0.1) is 0 Å². The minimum atomic E-state index is -1.05. The number of carbonyl (C=O) groups is 2. The maximum Gasteiger partial charge on any atom is 0.418 e. The summed E-state index contributed by atoms with van der Waals surface area (Å²) in [4.78, 5) is 32.8. The van der Waals surface area contributed by atoms with Crippen molar-refractivity contribution in [2.75, 3.05) is 19.7 Å². The number of aliphatic hydroxyl groups is 1. The summed E-state index contributed by atoms with van der Waals surface area (Å²) in [5.74, 6) is -2.04. The number of hydrogen-bond acceptors (Lipinski definition) is 6. The molecule has 0 bridgehead atoms. The van der Waals surface area contributed by atoms with Crippen molar-refractivity contribution in [3.8, 4) is 0 Å². The number of amides is 3. The zero-order valence-corrected chi connectivity index (χ0v) is 19.2. The molecule has 0 spiro atoms. The van der Waals surface area contributed by atoms with Gasteiger partial charge in [-0.3, -0.25) is 9.88 Å². The van der Waals surface area contributed by atoms with Gasteiger partial charge in [0.1, 0.15) is 18.2 Å². The summed E-state index contributed by atoms with van der Waals surface area (Å²) in [6, 6.07) is 7.58. The zero-order chi connectivity index (χ0) is 24.6. The Bertz CT molecular complexity index is 1090. The fraction of sp³-hybridized carbons (Fsp3) is 0.480. The highest BCUT2D eigenvalue weighted by Gasteiger charge is 2.42. The van der Waals surface area contributed by atoms with E-state index in [0.717, 1.165) is 42.8 Å². The lowest BCUT2D eigenvalue weighted by Gasteiger charge is -2.39. The van der Waals surface area contributed by atoms with Crippen molar-refractivity contribution in [1.29, 1.82) is 0 Å². The summed E-state index contributed by atoms with van der Waals surface area (Å²) in [5, 5.41) is 13.9. The van der Waals surface area contributed by atoms with E-state index >= 15 is 0 Å². The quantitative estimate of drug-likeness (QED) is 0.687. The van der Waals surface area contributed by atoms with Gasteiger partial charge in [-0.25, -0.2) is 23.3 Å². The lowest BCUT2D eigenvalue weighted by atomic mass is 9.79. The summed E-state index contributed by atoms with van der Waals surface area (Å²) in [6.07, 6.45) is 4.50.